The molecule has 0 aromatic heterocycles. The first-order valence-electron chi connectivity index (χ1n) is 8.09. The molecular formula is C16H36BrNaP. The molecule has 0 aliphatic heterocycles. The van der Waals surface area contributed by atoms with Crippen molar-refractivity contribution in [3.63, 3.8) is 0 Å². The maximum atomic E-state index is 2.36. The van der Waals surface area contributed by atoms with Crippen molar-refractivity contribution in [2.24, 2.45) is 0 Å². The molecule has 0 fully saturated rings. The molecule has 0 aromatic carbocycles. The normalized spacial score (nSPS) is 10.7. The number of hydrogen-bond acceptors (Lipinski definition) is 0. The van der Waals surface area contributed by atoms with Gasteiger partial charge in [-0.2, -0.15) is 0 Å². The molecule has 0 nitrogen and oxygen atoms in total. The summed E-state index contributed by atoms with van der Waals surface area (Å²) in [7, 11) is -0.562. The van der Waals surface area contributed by atoms with Crippen molar-refractivity contribution in [3.05, 3.63) is 0 Å². The van der Waals surface area contributed by atoms with Crippen LogP contribution in [-0.2, 0) is 0 Å². The van der Waals surface area contributed by atoms with Crippen molar-refractivity contribution in [3.8, 4) is 0 Å². The molecule has 19 heavy (non-hydrogen) atoms. The Balaban J connectivity index is -0.00000128. The zero-order chi connectivity index (χ0) is 13.0. The Kier molecular flexibility index (Phi) is 24.4. The van der Waals surface area contributed by atoms with Gasteiger partial charge < -0.3 is 17.0 Å². The number of halogens is 1. The Labute approximate surface area is 156 Å². The van der Waals surface area contributed by atoms with Crippen LogP contribution in [0.25, 0.3) is 0 Å². The number of unbranched alkanes of at least 4 members (excludes halogenated alkanes) is 4. The SMILES string of the molecule is CCCC[P+](CCCC)(CCCC)CCCC.[Br-].[Na]. The van der Waals surface area contributed by atoms with E-state index in [-0.39, 0.29) is 46.5 Å². The molecule has 0 aliphatic carbocycles. The van der Waals surface area contributed by atoms with Gasteiger partial charge in [-0.15, -0.1) is 0 Å². The minimum atomic E-state index is -0.562. The average molecular weight is 362 g/mol. The van der Waals surface area contributed by atoms with E-state index in [0.29, 0.717) is 0 Å². The third-order valence-corrected chi connectivity index (χ3v) is 9.00. The van der Waals surface area contributed by atoms with Gasteiger partial charge in [0.2, 0.25) is 0 Å². The van der Waals surface area contributed by atoms with Crippen LogP contribution in [0.3, 0.4) is 0 Å². The molecule has 113 valence electrons. The topological polar surface area (TPSA) is 0 Å². The van der Waals surface area contributed by atoms with Crippen molar-refractivity contribution in [2.45, 2.75) is 79.1 Å². The van der Waals surface area contributed by atoms with Crippen LogP contribution in [0.1, 0.15) is 79.1 Å². The summed E-state index contributed by atoms with van der Waals surface area (Å²) in [6.07, 6.45) is 17.9. The molecule has 0 heterocycles. The third-order valence-electron chi connectivity index (χ3n) is 3.94. The van der Waals surface area contributed by atoms with Crippen molar-refractivity contribution >= 4 is 36.8 Å². The maximum absolute atomic E-state index is 2.36. The first-order chi connectivity index (χ1) is 8.24. The molecular weight excluding hydrogens is 326 g/mol. The van der Waals surface area contributed by atoms with Gasteiger partial charge in [0, 0.05) is 36.8 Å². The first kappa shape index (κ1) is 25.8. The van der Waals surface area contributed by atoms with Gasteiger partial charge in [0.15, 0.2) is 0 Å². The van der Waals surface area contributed by atoms with E-state index >= 15 is 0 Å². The number of hydrogen-bond donors (Lipinski definition) is 0. The summed E-state index contributed by atoms with van der Waals surface area (Å²) in [5, 5.41) is 0. The fourth-order valence-electron chi connectivity index (χ4n) is 2.64. The van der Waals surface area contributed by atoms with Crippen molar-refractivity contribution in [1.82, 2.24) is 0 Å². The molecule has 0 atom stereocenters. The van der Waals surface area contributed by atoms with E-state index in [1.165, 1.54) is 51.4 Å². The predicted molar refractivity (Wildman–Crippen MR) is 91.8 cm³/mol. The summed E-state index contributed by atoms with van der Waals surface area (Å²) in [4.78, 5) is 0. The van der Waals surface area contributed by atoms with Gasteiger partial charge in [-0.3, -0.25) is 0 Å². The summed E-state index contributed by atoms with van der Waals surface area (Å²) >= 11 is 0. The van der Waals surface area contributed by atoms with Crippen molar-refractivity contribution in [1.29, 1.82) is 0 Å². The van der Waals surface area contributed by atoms with Crippen LogP contribution in [0.15, 0.2) is 0 Å². The van der Waals surface area contributed by atoms with Crippen LogP contribution in [0.5, 0.6) is 0 Å². The van der Waals surface area contributed by atoms with Gasteiger partial charge in [-0.05, 0) is 25.7 Å². The van der Waals surface area contributed by atoms with Crippen LogP contribution in [-0.4, -0.2) is 54.2 Å². The molecule has 0 spiro atoms. The van der Waals surface area contributed by atoms with Crippen LogP contribution in [0.4, 0.5) is 0 Å². The Morgan fingerprint density at radius 3 is 0.895 bits per heavy atom. The summed E-state index contributed by atoms with van der Waals surface area (Å²) in [6, 6.07) is 0. The van der Waals surface area contributed by atoms with Crippen LogP contribution < -0.4 is 17.0 Å². The second-order valence-electron chi connectivity index (χ2n) is 5.65. The second kappa shape index (κ2) is 18.0. The van der Waals surface area contributed by atoms with E-state index in [1.807, 2.05) is 0 Å². The molecule has 0 aliphatic rings. The summed E-state index contributed by atoms with van der Waals surface area (Å²) in [5.41, 5.74) is 0. The smallest absolute Gasteiger partial charge is 0.0594 e. The Morgan fingerprint density at radius 1 is 0.526 bits per heavy atom. The van der Waals surface area contributed by atoms with Crippen LogP contribution in [0, 0.1) is 0 Å². The van der Waals surface area contributed by atoms with E-state index in [1.54, 1.807) is 24.6 Å². The standard InChI is InChI=1S/C16H36P.BrH.Na/c1-5-9-13-17(14-10-6-2,15-11-7-3)16-12-8-4;;/h5-16H2,1-4H3;1H;/q+1;;/p-1. The Hall–Kier alpha value is 1.91. The maximum Gasteiger partial charge on any atom is 0.0594 e. The fourth-order valence-corrected chi connectivity index (χ4v) is 7.93. The van der Waals surface area contributed by atoms with Gasteiger partial charge >= 0.3 is 0 Å². The first-order valence-corrected chi connectivity index (χ1v) is 10.6. The van der Waals surface area contributed by atoms with E-state index in [2.05, 4.69) is 27.7 Å². The van der Waals surface area contributed by atoms with E-state index in [4.69, 9.17) is 0 Å². The molecule has 0 saturated heterocycles. The minimum absolute atomic E-state index is 0. The van der Waals surface area contributed by atoms with Gasteiger partial charge in [0.1, 0.15) is 0 Å². The van der Waals surface area contributed by atoms with Gasteiger partial charge in [-0.1, -0.05) is 53.4 Å². The van der Waals surface area contributed by atoms with Crippen molar-refractivity contribution in [2.75, 3.05) is 24.6 Å². The molecule has 1 radical (unpaired) electrons. The van der Waals surface area contributed by atoms with Gasteiger partial charge in [0.25, 0.3) is 0 Å². The van der Waals surface area contributed by atoms with Crippen molar-refractivity contribution < 1.29 is 17.0 Å². The predicted octanol–water partition coefficient (Wildman–Crippen LogP) is 2.83. The Bertz CT molecular complexity index is 127. The molecule has 0 amide bonds. The van der Waals surface area contributed by atoms with E-state index < -0.39 is 7.26 Å². The Morgan fingerprint density at radius 2 is 0.737 bits per heavy atom. The third kappa shape index (κ3) is 13.3. The average Bonchev–Trinajstić information content (AvgIpc) is 2.37. The molecule has 0 aromatic rings. The monoisotopic (exact) mass is 361 g/mol. The van der Waals surface area contributed by atoms with Gasteiger partial charge in [-0.25, -0.2) is 0 Å². The quantitative estimate of drug-likeness (QED) is 0.370. The van der Waals surface area contributed by atoms with Crippen LogP contribution >= 0.6 is 7.26 Å². The minimum Gasteiger partial charge on any atom is -1.00 e. The second-order valence-corrected chi connectivity index (χ2v) is 10.1. The molecule has 0 bridgehead atoms. The zero-order valence-electron chi connectivity index (χ0n) is 14.3. The largest absolute Gasteiger partial charge is 1.00 e. The van der Waals surface area contributed by atoms with E-state index in [9.17, 15) is 0 Å². The van der Waals surface area contributed by atoms with Gasteiger partial charge in [0.05, 0.1) is 24.6 Å². The molecule has 0 unspecified atom stereocenters. The molecule has 0 N–H and O–H groups in total. The summed E-state index contributed by atoms with van der Waals surface area (Å²) in [6.45, 7) is 9.42. The molecule has 0 rings (SSSR count). The molecule has 3 heteroatoms. The zero-order valence-corrected chi connectivity index (χ0v) is 18.8. The molecule has 0 saturated carbocycles. The summed E-state index contributed by atoms with van der Waals surface area (Å²) < 4.78 is 0. The van der Waals surface area contributed by atoms with E-state index in [0.717, 1.165) is 0 Å². The van der Waals surface area contributed by atoms with Crippen LogP contribution in [0.2, 0.25) is 0 Å². The summed E-state index contributed by atoms with van der Waals surface area (Å²) in [5.74, 6) is 0. The number of rotatable bonds is 12. The fraction of sp³-hybridized carbons (Fsp3) is 1.00.